The minimum atomic E-state index is -1.37. The first-order valence-electron chi connectivity index (χ1n) is 6.90. The van der Waals surface area contributed by atoms with Gasteiger partial charge >= 0.3 is 0 Å². The molecular weight excluding hydrogens is 286 g/mol. The lowest BCUT2D eigenvalue weighted by atomic mass is 10.1. The first-order valence-corrected chi connectivity index (χ1v) is 8.22. The van der Waals surface area contributed by atoms with Crippen molar-refractivity contribution in [3.05, 3.63) is 47.9 Å². The predicted octanol–water partition coefficient (Wildman–Crippen LogP) is 2.67. The molecule has 1 aromatic heterocycles. The third kappa shape index (κ3) is 2.53. The fourth-order valence-electron chi connectivity index (χ4n) is 2.81. The highest BCUT2D eigenvalue weighted by Crippen LogP contribution is 2.32. The number of aryl methyl sites for hydroxylation is 1. The molecule has 1 aliphatic heterocycles. The molecule has 110 valence electrons. The Morgan fingerprint density at radius 3 is 2.86 bits per heavy atom. The summed E-state index contributed by atoms with van der Waals surface area (Å²) in [5.74, 6) is 0.487. The van der Waals surface area contributed by atoms with Gasteiger partial charge in [-0.05, 0) is 38.0 Å². The molecule has 0 N–H and O–H groups in total. The molecule has 21 heavy (non-hydrogen) atoms. The smallest absolute Gasteiger partial charge is 0.240 e. The zero-order chi connectivity index (χ0) is 15.0. The van der Waals surface area contributed by atoms with Crippen LogP contribution >= 0.6 is 0 Å². The average Bonchev–Trinajstić information content (AvgIpc) is 3.00. The first kappa shape index (κ1) is 14.1. The number of nitrogens with zero attached hydrogens (tertiary/aromatic N) is 1. The van der Waals surface area contributed by atoms with Crippen LogP contribution in [-0.2, 0) is 22.0 Å². The molecule has 3 rings (SSSR count). The van der Waals surface area contributed by atoms with Gasteiger partial charge < -0.3 is 9.32 Å². The minimum Gasteiger partial charge on any atom is -0.468 e. The van der Waals surface area contributed by atoms with E-state index in [1.54, 1.807) is 17.9 Å². The van der Waals surface area contributed by atoms with Crippen molar-refractivity contribution in [2.45, 2.75) is 31.2 Å². The number of carbonyl (C=O) groups excluding carboxylic acids is 1. The third-order valence-electron chi connectivity index (χ3n) is 3.79. The molecule has 0 aliphatic carbocycles. The van der Waals surface area contributed by atoms with Crippen molar-refractivity contribution in [2.75, 3.05) is 10.7 Å². The monoisotopic (exact) mass is 303 g/mol. The maximum absolute atomic E-state index is 12.5. The molecule has 2 atom stereocenters. The zero-order valence-electron chi connectivity index (χ0n) is 12.0. The van der Waals surface area contributed by atoms with Crippen molar-refractivity contribution in [1.82, 2.24) is 0 Å². The topological polar surface area (TPSA) is 50.5 Å². The third-order valence-corrected chi connectivity index (χ3v) is 5.21. The summed E-state index contributed by atoms with van der Waals surface area (Å²) in [4.78, 5) is 14.9. The van der Waals surface area contributed by atoms with Crippen LogP contribution in [0.25, 0.3) is 0 Å². The van der Waals surface area contributed by atoms with Gasteiger partial charge in [0.1, 0.15) is 11.5 Å². The number of fused-ring (bicyclic) bond motifs is 1. The van der Waals surface area contributed by atoms with E-state index in [4.69, 9.17) is 4.42 Å². The molecule has 2 heterocycles. The van der Waals surface area contributed by atoms with Crippen LogP contribution in [-0.4, -0.2) is 21.9 Å². The molecule has 4 nitrogen and oxygen atoms in total. The number of hydrogen-bond donors (Lipinski definition) is 0. The molecule has 5 heteroatoms. The number of anilines is 1. The first-order chi connectivity index (χ1) is 10.1. The van der Waals surface area contributed by atoms with Crippen LogP contribution in [0.2, 0.25) is 0 Å². The van der Waals surface area contributed by atoms with E-state index >= 15 is 0 Å². The molecule has 0 fully saturated rings. The molecule has 0 unspecified atom stereocenters. The van der Waals surface area contributed by atoms with Gasteiger partial charge in [0.2, 0.25) is 5.91 Å². The number of benzene rings is 1. The molecule has 0 bridgehead atoms. The largest absolute Gasteiger partial charge is 0.468 e. The van der Waals surface area contributed by atoms with Crippen LogP contribution < -0.4 is 4.90 Å². The number of rotatable bonds is 3. The Hall–Kier alpha value is -1.88. The molecule has 1 amide bonds. The fourth-order valence-corrected chi connectivity index (χ4v) is 3.91. The van der Waals surface area contributed by atoms with Gasteiger partial charge in [-0.15, -0.1) is 0 Å². The van der Waals surface area contributed by atoms with Gasteiger partial charge in [0.05, 0.1) is 22.0 Å². The number of furan rings is 1. The SMILES string of the molecule is Cc1occc1[S@@](=O)CC(=O)N1c2ccccc2C[C@@H]1C. The van der Waals surface area contributed by atoms with E-state index in [9.17, 15) is 9.00 Å². The summed E-state index contributed by atoms with van der Waals surface area (Å²) in [6, 6.07) is 9.66. The number of amides is 1. The second kappa shape index (κ2) is 5.48. The highest BCUT2D eigenvalue weighted by atomic mass is 32.2. The number of para-hydroxylation sites is 1. The molecule has 0 saturated heterocycles. The van der Waals surface area contributed by atoms with E-state index in [0.29, 0.717) is 10.7 Å². The lowest BCUT2D eigenvalue weighted by molar-refractivity contribution is -0.116. The van der Waals surface area contributed by atoms with E-state index in [-0.39, 0.29) is 17.7 Å². The van der Waals surface area contributed by atoms with Gasteiger partial charge in [-0.2, -0.15) is 0 Å². The lowest BCUT2D eigenvalue weighted by Crippen LogP contribution is -2.38. The minimum absolute atomic E-state index is 0.0148. The summed E-state index contributed by atoms with van der Waals surface area (Å²) < 4.78 is 17.5. The van der Waals surface area contributed by atoms with Gasteiger partial charge in [-0.3, -0.25) is 9.00 Å². The van der Waals surface area contributed by atoms with Crippen molar-refractivity contribution in [3.63, 3.8) is 0 Å². The maximum Gasteiger partial charge on any atom is 0.240 e. The summed E-state index contributed by atoms with van der Waals surface area (Å²) in [7, 11) is -1.37. The molecule has 0 spiro atoms. The Balaban J connectivity index is 1.80. The summed E-state index contributed by atoms with van der Waals surface area (Å²) in [5, 5.41) is 0. The van der Waals surface area contributed by atoms with E-state index in [1.807, 2.05) is 31.2 Å². The maximum atomic E-state index is 12.5. The molecule has 1 aromatic carbocycles. The normalized spacial score (nSPS) is 18.6. The van der Waals surface area contributed by atoms with Crippen LogP contribution in [0.15, 0.2) is 45.9 Å². The van der Waals surface area contributed by atoms with Crippen LogP contribution in [0.1, 0.15) is 18.2 Å². The Kier molecular flexibility index (Phi) is 3.68. The van der Waals surface area contributed by atoms with Gasteiger partial charge in [-0.1, -0.05) is 18.2 Å². The number of hydrogen-bond acceptors (Lipinski definition) is 3. The highest BCUT2D eigenvalue weighted by molar-refractivity contribution is 7.85. The Bertz CT molecular complexity index is 707. The van der Waals surface area contributed by atoms with Crippen molar-refractivity contribution >= 4 is 22.4 Å². The van der Waals surface area contributed by atoms with E-state index in [1.165, 1.54) is 11.8 Å². The molecule has 2 aromatic rings. The quantitative estimate of drug-likeness (QED) is 0.876. The molecule has 0 saturated carbocycles. The summed E-state index contributed by atoms with van der Waals surface area (Å²) in [6.45, 7) is 3.77. The second-order valence-electron chi connectivity index (χ2n) is 5.28. The fraction of sp³-hybridized carbons (Fsp3) is 0.312. The van der Waals surface area contributed by atoms with Crippen LogP contribution in [0, 0.1) is 6.92 Å². The van der Waals surface area contributed by atoms with Crippen molar-refractivity contribution in [2.24, 2.45) is 0 Å². The Labute approximate surface area is 126 Å². The summed E-state index contributed by atoms with van der Waals surface area (Å²) >= 11 is 0. The highest BCUT2D eigenvalue weighted by Gasteiger charge is 2.31. The average molecular weight is 303 g/mol. The summed E-state index contributed by atoms with van der Waals surface area (Å²) in [6.07, 6.45) is 2.35. The van der Waals surface area contributed by atoms with Crippen molar-refractivity contribution < 1.29 is 13.4 Å². The predicted molar refractivity (Wildman–Crippen MR) is 81.8 cm³/mol. The molecule has 1 aliphatic rings. The molecule has 0 radical (unpaired) electrons. The van der Waals surface area contributed by atoms with Gasteiger partial charge in [-0.25, -0.2) is 0 Å². The van der Waals surface area contributed by atoms with Crippen molar-refractivity contribution in [1.29, 1.82) is 0 Å². The van der Waals surface area contributed by atoms with E-state index in [0.717, 1.165) is 12.1 Å². The van der Waals surface area contributed by atoms with E-state index in [2.05, 4.69) is 0 Å². The van der Waals surface area contributed by atoms with Crippen LogP contribution in [0.5, 0.6) is 0 Å². The zero-order valence-corrected chi connectivity index (χ0v) is 12.9. The summed E-state index contributed by atoms with van der Waals surface area (Å²) in [5.41, 5.74) is 2.11. The van der Waals surface area contributed by atoms with Crippen molar-refractivity contribution in [3.8, 4) is 0 Å². The lowest BCUT2D eigenvalue weighted by Gasteiger charge is -2.22. The van der Waals surface area contributed by atoms with Gasteiger partial charge in [0.15, 0.2) is 0 Å². The Morgan fingerprint density at radius 2 is 2.14 bits per heavy atom. The molecular formula is C16H17NO3S. The Morgan fingerprint density at radius 1 is 1.38 bits per heavy atom. The van der Waals surface area contributed by atoms with E-state index < -0.39 is 10.8 Å². The van der Waals surface area contributed by atoms with Crippen LogP contribution in [0.3, 0.4) is 0 Å². The number of carbonyl (C=O) groups is 1. The second-order valence-corrected chi connectivity index (χ2v) is 6.70. The van der Waals surface area contributed by atoms with Crippen LogP contribution in [0.4, 0.5) is 5.69 Å². The van der Waals surface area contributed by atoms with Gasteiger partial charge in [0, 0.05) is 11.7 Å². The standard InChI is InChI=1S/C16H17NO3S/c1-11-9-13-5-3-4-6-14(13)17(11)16(18)10-21(19)15-7-8-20-12(15)2/h3-8,11H,9-10H2,1-2H3/t11-,21-/m0/s1. The van der Waals surface area contributed by atoms with Gasteiger partial charge in [0.25, 0.3) is 0 Å².